The first-order valence-electron chi connectivity index (χ1n) is 11.6. The highest BCUT2D eigenvalue weighted by Gasteiger charge is 2.71. The molecule has 9 heteroatoms. The van der Waals surface area contributed by atoms with Gasteiger partial charge >= 0.3 is 11.6 Å². The van der Waals surface area contributed by atoms with E-state index in [1.54, 1.807) is 42.5 Å². The summed E-state index contributed by atoms with van der Waals surface area (Å²) in [5.74, 6) is -1.09. The van der Waals surface area contributed by atoms with Gasteiger partial charge in [0.2, 0.25) is 5.91 Å². The summed E-state index contributed by atoms with van der Waals surface area (Å²) < 4.78 is 5.23. The van der Waals surface area contributed by atoms with Gasteiger partial charge < -0.3 is 14.6 Å². The zero-order valence-corrected chi connectivity index (χ0v) is 21.5. The summed E-state index contributed by atoms with van der Waals surface area (Å²) in [4.78, 5) is 44.0. The third kappa shape index (κ3) is 3.48. The van der Waals surface area contributed by atoms with Crippen LogP contribution in [0.3, 0.4) is 0 Å². The minimum absolute atomic E-state index is 0.188. The predicted molar refractivity (Wildman–Crippen MR) is 139 cm³/mol. The van der Waals surface area contributed by atoms with E-state index >= 15 is 0 Å². The first kappa shape index (κ1) is 24.5. The molecule has 1 heterocycles. The monoisotopic (exact) mass is 526 g/mol. The van der Waals surface area contributed by atoms with Crippen LogP contribution in [0, 0.1) is 16.2 Å². The van der Waals surface area contributed by atoms with Gasteiger partial charge in [-0.1, -0.05) is 73.4 Å². The molecule has 2 saturated carbocycles. The van der Waals surface area contributed by atoms with Gasteiger partial charge in [-0.3, -0.25) is 4.79 Å². The Kier molecular flexibility index (Phi) is 5.76. The maximum atomic E-state index is 13.7. The lowest BCUT2D eigenvalue weighted by molar-refractivity contribution is -0.130. The average Bonchev–Trinajstić information content (AvgIpc) is 3.15. The van der Waals surface area contributed by atoms with Crippen LogP contribution in [0.15, 0.2) is 62.9 Å². The first-order chi connectivity index (χ1) is 17.0. The van der Waals surface area contributed by atoms with Crippen LogP contribution in [0.25, 0.3) is 11.0 Å². The van der Waals surface area contributed by atoms with Gasteiger partial charge in [0.05, 0.1) is 26.9 Å². The van der Waals surface area contributed by atoms with Crippen molar-refractivity contribution in [2.75, 3.05) is 5.32 Å². The Hall–Kier alpha value is -3.16. The second-order valence-corrected chi connectivity index (χ2v) is 11.0. The molecule has 186 valence electrons. The lowest BCUT2D eigenvalue weighted by Gasteiger charge is -2.39. The topological polar surface area (TPSA) is 98.0 Å². The number of oxime groups is 1. The molecule has 0 aliphatic heterocycles. The van der Waals surface area contributed by atoms with Crippen molar-refractivity contribution in [2.45, 2.75) is 40.0 Å². The average molecular weight is 527 g/mol. The molecule has 1 N–H and O–H groups in total. The highest BCUT2D eigenvalue weighted by Crippen LogP contribution is 2.71. The fourth-order valence-corrected chi connectivity index (χ4v) is 6.06. The summed E-state index contributed by atoms with van der Waals surface area (Å²) in [6.45, 7) is 6.08. The Balaban J connectivity index is 1.43. The number of nitrogens with one attached hydrogen (secondary N) is 1. The van der Waals surface area contributed by atoms with E-state index in [0.29, 0.717) is 46.7 Å². The molecule has 3 aromatic rings. The molecule has 0 radical (unpaired) electrons. The van der Waals surface area contributed by atoms with Gasteiger partial charge in [0.1, 0.15) is 11.1 Å². The van der Waals surface area contributed by atoms with Gasteiger partial charge in [0, 0.05) is 17.2 Å². The van der Waals surface area contributed by atoms with E-state index < -0.39 is 27.8 Å². The van der Waals surface area contributed by atoms with Crippen LogP contribution >= 0.6 is 23.2 Å². The number of halogens is 2. The van der Waals surface area contributed by atoms with Gasteiger partial charge in [-0.2, -0.15) is 0 Å². The molecule has 2 aliphatic carbocycles. The lowest BCUT2D eigenvalue weighted by atomic mass is 9.64. The number of carbonyl (C=O) groups excluding carboxylic acids is 2. The molecule has 36 heavy (non-hydrogen) atoms. The molecule has 2 aromatic carbocycles. The van der Waals surface area contributed by atoms with Crippen molar-refractivity contribution < 1.29 is 18.8 Å². The van der Waals surface area contributed by atoms with Crippen molar-refractivity contribution in [3.05, 3.63) is 74.6 Å². The molecule has 2 bridgehead atoms. The normalized spacial score (nSPS) is 25.3. The maximum absolute atomic E-state index is 13.7. The van der Waals surface area contributed by atoms with Crippen LogP contribution in [0.1, 0.15) is 50.4 Å². The lowest BCUT2D eigenvalue weighted by Crippen LogP contribution is -2.43. The molecule has 5 rings (SSSR count). The summed E-state index contributed by atoms with van der Waals surface area (Å²) >= 11 is 12.4. The number of fused-ring (bicyclic) bond motifs is 3. The molecule has 7 nitrogen and oxygen atoms in total. The number of carbonyl (C=O) groups is 2. The first-order valence-corrected chi connectivity index (χ1v) is 12.3. The molecule has 2 unspecified atom stereocenters. The fraction of sp³-hybridized carbons (Fsp3) is 0.333. The van der Waals surface area contributed by atoms with E-state index in [1.807, 2.05) is 20.8 Å². The van der Waals surface area contributed by atoms with Gasteiger partial charge in [0.15, 0.2) is 0 Å². The minimum atomic E-state index is -0.907. The van der Waals surface area contributed by atoms with E-state index in [0.717, 1.165) is 0 Å². The van der Waals surface area contributed by atoms with Crippen LogP contribution in [0.5, 0.6) is 0 Å². The standard InChI is InChI=1S/C27H24Cl2N2O5/c1-25(2)26(3)11-12-27(25,24(34)30-18-9-6-8-17(28)21(18)29)14-20(26)31-36-23(33)16-13-15-7-4-5-10-19(15)35-22(16)32/h4-10,13H,11-12,14H2,1-3H3,(H,30,34)/b31-20+. The van der Waals surface area contributed by atoms with E-state index in [2.05, 4.69) is 10.5 Å². The minimum Gasteiger partial charge on any atom is -0.422 e. The van der Waals surface area contributed by atoms with E-state index in [-0.39, 0.29) is 16.5 Å². The van der Waals surface area contributed by atoms with Crippen molar-refractivity contribution >= 4 is 57.4 Å². The molecule has 0 saturated heterocycles. The highest BCUT2D eigenvalue weighted by atomic mass is 35.5. The van der Waals surface area contributed by atoms with Gasteiger partial charge in [-0.15, -0.1) is 0 Å². The molecule has 1 amide bonds. The molecule has 2 atom stereocenters. The zero-order valence-electron chi connectivity index (χ0n) is 20.0. The summed E-state index contributed by atoms with van der Waals surface area (Å²) in [5, 5.41) is 8.37. The van der Waals surface area contributed by atoms with Crippen LogP contribution in [-0.4, -0.2) is 17.6 Å². The third-order valence-corrected chi connectivity index (χ3v) is 9.29. The molecule has 0 spiro atoms. The van der Waals surface area contributed by atoms with Crippen LogP contribution in [0.2, 0.25) is 10.0 Å². The second-order valence-electron chi connectivity index (χ2n) is 10.2. The summed E-state index contributed by atoms with van der Waals surface area (Å²) in [7, 11) is 0. The van der Waals surface area contributed by atoms with Crippen molar-refractivity contribution in [3.63, 3.8) is 0 Å². The number of rotatable bonds is 4. The summed E-state index contributed by atoms with van der Waals surface area (Å²) in [6, 6.07) is 13.4. The van der Waals surface area contributed by atoms with E-state index in [9.17, 15) is 14.4 Å². The fourth-order valence-electron chi connectivity index (χ4n) is 5.71. The Labute approximate surface area is 217 Å². The van der Waals surface area contributed by atoms with Crippen molar-refractivity contribution in [1.82, 2.24) is 0 Å². The molecular formula is C27H24Cl2N2O5. The Morgan fingerprint density at radius 3 is 2.58 bits per heavy atom. The number of nitrogens with zero attached hydrogens (tertiary/aromatic N) is 1. The Bertz CT molecular complexity index is 1510. The molecule has 2 fully saturated rings. The third-order valence-electron chi connectivity index (χ3n) is 8.47. The number of hydrogen-bond donors (Lipinski definition) is 1. The van der Waals surface area contributed by atoms with Crippen molar-refractivity contribution in [3.8, 4) is 0 Å². The SMILES string of the molecule is CC12CCC(C(=O)Nc3cccc(Cl)c3Cl)(C/C1=N\OC(=O)c1cc3ccccc3oc1=O)C2(C)C. The Morgan fingerprint density at radius 1 is 1.06 bits per heavy atom. The summed E-state index contributed by atoms with van der Waals surface area (Å²) in [6.07, 6.45) is 1.63. The van der Waals surface area contributed by atoms with E-state index in [4.69, 9.17) is 32.5 Å². The smallest absolute Gasteiger partial charge is 0.373 e. The van der Waals surface area contributed by atoms with Gasteiger partial charge in [0.25, 0.3) is 0 Å². The number of anilines is 1. The number of hydrogen-bond acceptors (Lipinski definition) is 6. The summed E-state index contributed by atoms with van der Waals surface area (Å²) in [5.41, 5.74) is -1.40. The molecular weight excluding hydrogens is 503 g/mol. The van der Waals surface area contributed by atoms with Gasteiger partial charge in [-0.25, -0.2) is 9.59 Å². The number of para-hydroxylation sites is 1. The van der Waals surface area contributed by atoms with Crippen LogP contribution < -0.4 is 10.9 Å². The second kappa shape index (κ2) is 8.46. The largest absolute Gasteiger partial charge is 0.422 e. The molecule has 1 aromatic heterocycles. The number of amides is 1. The Morgan fingerprint density at radius 2 is 1.81 bits per heavy atom. The predicted octanol–water partition coefficient (Wildman–Crippen LogP) is 6.47. The van der Waals surface area contributed by atoms with Crippen LogP contribution in [0.4, 0.5) is 5.69 Å². The van der Waals surface area contributed by atoms with Crippen molar-refractivity contribution in [1.29, 1.82) is 0 Å². The van der Waals surface area contributed by atoms with E-state index in [1.165, 1.54) is 6.07 Å². The molecule has 2 aliphatic rings. The highest BCUT2D eigenvalue weighted by molar-refractivity contribution is 6.44. The maximum Gasteiger partial charge on any atom is 0.373 e. The number of benzene rings is 2. The van der Waals surface area contributed by atoms with Crippen molar-refractivity contribution in [2.24, 2.45) is 21.4 Å². The quantitative estimate of drug-likeness (QED) is 0.238. The van der Waals surface area contributed by atoms with Gasteiger partial charge in [-0.05, 0) is 42.5 Å². The zero-order chi connectivity index (χ0) is 25.9. The van der Waals surface area contributed by atoms with Crippen LogP contribution in [-0.2, 0) is 9.63 Å².